The van der Waals surface area contributed by atoms with Crippen molar-refractivity contribution in [3.8, 4) is 0 Å². The van der Waals surface area contributed by atoms with Crippen molar-refractivity contribution in [3.63, 3.8) is 0 Å². The van der Waals surface area contributed by atoms with Gasteiger partial charge in [-0.15, -0.1) is 0 Å². The lowest BCUT2D eigenvalue weighted by Gasteiger charge is -2.21. The summed E-state index contributed by atoms with van der Waals surface area (Å²) in [7, 11) is -1.38. The standard InChI is InChI=1S/C17H21NO3S/c1-13-7-9-16(10-8-13)22(19)18-12-14(2)15(3)21-17-6-4-5-11-20-17/h4-10,12,14-15H,11H2,1-3H3/t14?,15-,22-/m0/s1. The molecule has 0 radical (unpaired) electrons. The molecule has 1 aliphatic rings. The van der Waals surface area contributed by atoms with Crippen LogP contribution in [0.1, 0.15) is 19.4 Å². The molecule has 3 atom stereocenters. The van der Waals surface area contributed by atoms with Crippen molar-refractivity contribution in [3.05, 3.63) is 54.0 Å². The molecule has 4 nitrogen and oxygen atoms in total. The molecule has 0 fully saturated rings. The molecule has 1 heterocycles. The van der Waals surface area contributed by atoms with Crippen LogP contribution in [0.5, 0.6) is 0 Å². The van der Waals surface area contributed by atoms with E-state index in [0.29, 0.717) is 17.4 Å². The third-order valence-electron chi connectivity index (χ3n) is 3.35. The number of hydrogen-bond acceptors (Lipinski definition) is 3. The Hall–Kier alpha value is -1.88. The molecule has 0 N–H and O–H groups in total. The molecule has 2 rings (SSSR count). The van der Waals surface area contributed by atoms with Crippen molar-refractivity contribution in [2.75, 3.05) is 6.61 Å². The van der Waals surface area contributed by atoms with Crippen LogP contribution in [0.2, 0.25) is 0 Å². The number of aryl methyl sites for hydroxylation is 1. The Bertz CT molecular complexity index is 605. The SMILES string of the molecule is Cc1ccc([S@](=O)N=CC(C)[C@H](C)OC2=CC=CCO2)cc1. The summed E-state index contributed by atoms with van der Waals surface area (Å²) < 4.78 is 27.3. The van der Waals surface area contributed by atoms with Gasteiger partial charge in [-0.1, -0.05) is 30.7 Å². The van der Waals surface area contributed by atoms with Gasteiger partial charge in [-0.2, -0.15) is 4.40 Å². The molecule has 1 aromatic rings. The maximum absolute atomic E-state index is 12.1. The van der Waals surface area contributed by atoms with Crippen LogP contribution in [0.3, 0.4) is 0 Å². The van der Waals surface area contributed by atoms with Gasteiger partial charge in [-0.25, -0.2) is 4.21 Å². The Morgan fingerprint density at radius 3 is 2.68 bits per heavy atom. The molecule has 5 heteroatoms. The molecule has 0 bridgehead atoms. The Kier molecular flexibility index (Phi) is 5.95. The van der Waals surface area contributed by atoms with E-state index in [0.717, 1.165) is 5.56 Å². The summed E-state index contributed by atoms with van der Waals surface area (Å²) >= 11 is 0. The topological polar surface area (TPSA) is 47.9 Å². The van der Waals surface area contributed by atoms with Crippen LogP contribution < -0.4 is 0 Å². The fourth-order valence-corrected chi connectivity index (χ4v) is 2.53. The van der Waals surface area contributed by atoms with E-state index in [1.54, 1.807) is 12.3 Å². The maximum atomic E-state index is 12.1. The van der Waals surface area contributed by atoms with E-state index in [-0.39, 0.29) is 12.0 Å². The Morgan fingerprint density at radius 2 is 2.05 bits per heavy atom. The largest absolute Gasteiger partial charge is 0.462 e. The summed E-state index contributed by atoms with van der Waals surface area (Å²) in [6.45, 7) is 6.43. The highest BCUT2D eigenvalue weighted by molar-refractivity contribution is 7.83. The van der Waals surface area contributed by atoms with Crippen LogP contribution in [0.4, 0.5) is 0 Å². The number of hydrogen-bond donors (Lipinski definition) is 0. The second-order valence-corrected chi connectivity index (χ2v) is 6.40. The van der Waals surface area contributed by atoms with Crippen LogP contribution >= 0.6 is 0 Å². The lowest BCUT2D eigenvalue weighted by molar-refractivity contribution is -0.00351. The molecular weight excluding hydrogens is 298 g/mol. The van der Waals surface area contributed by atoms with Gasteiger partial charge in [-0.05, 0) is 32.1 Å². The average molecular weight is 319 g/mol. The smallest absolute Gasteiger partial charge is 0.279 e. The lowest BCUT2D eigenvalue weighted by Crippen LogP contribution is -2.20. The van der Waals surface area contributed by atoms with Gasteiger partial charge >= 0.3 is 0 Å². The number of nitrogens with zero attached hydrogens (tertiary/aromatic N) is 1. The second kappa shape index (κ2) is 7.94. The van der Waals surface area contributed by atoms with E-state index < -0.39 is 11.0 Å². The van der Waals surface area contributed by atoms with E-state index in [9.17, 15) is 4.21 Å². The number of ether oxygens (including phenoxy) is 2. The fraction of sp³-hybridized carbons (Fsp3) is 0.353. The Morgan fingerprint density at radius 1 is 1.32 bits per heavy atom. The van der Waals surface area contributed by atoms with Gasteiger partial charge in [0.05, 0.1) is 4.90 Å². The predicted molar refractivity (Wildman–Crippen MR) is 89.0 cm³/mol. The van der Waals surface area contributed by atoms with Gasteiger partial charge in [-0.3, -0.25) is 0 Å². The molecule has 1 unspecified atom stereocenters. The molecule has 0 spiro atoms. The minimum atomic E-state index is -1.38. The minimum Gasteiger partial charge on any atom is -0.462 e. The third kappa shape index (κ3) is 4.84. The van der Waals surface area contributed by atoms with Gasteiger partial charge in [0.1, 0.15) is 12.7 Å². The van der Waals surface area contributed by atoms with Gasteiger partial charge in [0.25, 0.3) is 5.95 Å². The van der Waals surface area contributed by atoms with Crippen molar-refractivity contribution in [1.29, 1.82) is 0 Å². The van der Waals surface area contributed by atoms with Crippen LogP contribution in [-0.2, 0) is 20.5 Å². The van der Waals surface area contributed by atoms with E-state index >= 15 is 0 Å². The first-order valence-corrected chi connectivity index (χ1v) is 8.36. The van der Waals surface area contributed by atoms with Gasteiger partial charge in [0.2, 0.25) is 0 Å². The summed E-state index contributed by atoms with van der Waals surface area (Å²) in [6.07, 6.45) is 7.16. The van der Waals surface area contributed by atoms with Crippen molar-refractivity contribution >= 4 is 17.2 Å². The summed E-state index contributed by atoms with van der Waals surface area (Å²) in [5.41, 5.74) is 1.13. The normalized spacial score (nSPS) is 18.4. The van der Waals surface area contributed by atoms with Crippen molar-refractivity contribution < 1.29 is 13.7 Å². The molecule has 22 heavy (non-hydrogen) atoms. The van der Waals surface area contributed by atoms with Crippen LogP contribution in [0, 0.1) is 12.8 Å². The second-order valence-electron chi connectivity index (χ2n) is 5.22. The summed E-state index contributed by atoms with van der Waals surface area (Å²) in [4.78, 5) is 0.700. The van der Waals surface area contributed by atoms with Crippen molar-refractivity contribution in [2.24, 2.45) is 10.3 Å². The number of rotatable bonds is 6. The highest BCUT2D eigenvalue weighted by Crippen LogP contribution is 2.15. The number of benzene rings is 1. The molecule has 0 saturated carbocycles. The highest BCUT2D eigenvalue weighted by Gasteiger charge is 2.15. The molecule has 0 aliphatic carbocycles. The fourth-order valence-electron chi connectivity index (χ4n) is 1.73. The molecule has 0 amide bonds. The first-order valence-electron chi connectivity index (χ1n) is 7.25. The molecule has 0 aromatic heterocycles. The van der Waals surface area contributed by atoms with Crippen LogP contribution in [0.15, 0.2) is 57.7 Å². The zero-order valence-electron chi connectivity index (χ0n) is 13.1. The van der Waals surface area contributed by atoms with E-state index in [2.05, 4.69) is 4.40 Å². The molecule has 118 valence electrons. The molecule has 0 saturated heterocycles. The van der Waals surface area contributed by atoms with E-state index in [1.807, 2.05) is 57.2 Å². The summed E-state index contributed by atoms with van der Waals surface area (Å²) in [6, 6.07) is 7.53. The highest BCUT2D eigenvalue weighted by atomic mass is 32.2. The average Bonchev–Trinajstić information content (AvgIpc) is 2.53. The van der Waals surface area contributed by atoms with Crippen molar-refractivity contribution in [1.82, 2.24) is 0 Å². The predicted octanol–water partition coefficient (Wildman–Crippen LogP) is 3.56. The Balaban J connectivity index is 1.90. The monoisotopic (exact) mass is 319 g/mol. The van der Waals surface area contributed by atoms with Crippen LogP contribution in [-0.4, -0.2) is 23.1 Å². The van der Waals surface area contributed by atoms with E-state index in [4.69, 9.17) is 9.47 Å². The lowest BCUT2D eigenvalue weighted by atomic mass is 10.1. The minimum absolute atomic E-state index is 0.0183. The van der Waals surface area contributed by atoms with E-state index in [1.165, 1.54) is 0 Å². The Labute approximate surface area is 134 Å². The molecule has 1 aliphatic heterocycles. The van der Waals surface area contributed by atoms with Crippen molar-refractivity contribution in [2.45, 2.75) is 31.8 Å². The maximum Gasteiger partial charge on any atom is 0.279 e. The third-order valence-corrected chi connectivity index (χ3v) is 4.34. The zero-order chi connectivity index (χ0) is 15.9. The quantitative estimate of drug-likeness (QED) is 0.753. The van der Waals surface area contributed by atoms with Gasteiger partial charge in [0, 0.05) is 18.2 Å². The zero-order valence-corrected chi connectivity index (χ0v) is 13.9. The first-order chi connectivity index (χ1) is 10.6. The van der Waals surface area contributed by atoms with Gasteiger partial charge in [0.15, 0.2) is 11.0 Å². The summed E-state index contributed by atoms with van der Waals surface area (Å²) in [5, 5.41) is 0. The van der Waals surface area contributed by atoms with Crippen LogP contribution in [0.25, 0.3) is 0 Å². The molecule has 1 aromatic carbocycles. The number of allylic oxidation sites excluding steroid dienone is 2. The summed E-state index contributed by atoms with van der Waals surface area (Å²) in [5.74, 6) is 0.528. The first kappa shape index (κ1) is 16.5. The van der Waals surface area contributed by atoms with Gasteiger partial charge < -0.3 is 9.47 Å². The molecular formula is C17H21NO3S.